The average Bonchev–Trinajstić information content (AvgIpc) is 2.31. The molecule has 0 spiro atoms. The molecule has 5 nitrogen and oxygen atoms in total. The first-order valence-electron chi connectivity index (χ1n) is 5.09. The highest BCUT2D eigenvalue weighted by atomic mass is 16.5. The maximum absolute atomic E-state index is 8.99. The Balaban J connectivity index is 1.89. The molecule has 1 N–H and O–H groups in total. The van der Waals surface area contributed by atoms with Gasteiger partial charge in [-0.05, 0) is 6.07 Å². The van der Waals surface area contributed by atoms with E-state index in [9.17, 15) is 0 Å². The fourth-order valence-corrected chi connectivity index (χ4v) is 1.65. The number of morpholine rings is 1. The summed E-state index contributed by atoms with van der Waals surface area (Å²) in [6.45, 7) is 3.08. The first-order chi connectivity index (χ1) is 7.38. The van der Waals surface area contributed by atoms with Crippen LogP contribution < -0.4 is 0 Å². The highest BCUT2D eigenvalue weighted by Gasteiger charge is 2.19. The molecule has 82 valence electrons. The molecule has 0 aromatic carbocycles. The minimum atomic E-state index is -0.0672. The lowest BCUT2D eigenvalue weighted by Gasteiger charge is -2.31. The minimum absolute atomic E-state index is 0.0672. The molecule has 1 aliphatic heterocycles. The molecule has 5 heteroatoms. The molecule has 2 heterocycles. The SMILES string of the molecule is OCC1CN(Cc2ncccn2)CCO1. The molecule has 1 aromatic rings. The topological polar surface area (TPSA) is 58.5 Å². The molecule has 15 heavy (non-hydrogen) atoms. The Morgan fingerprint density at radius 2 is 2.27 bits per heavy atom. The largest absolute Gasteiger partial charge is 0.394 e. The quantitative estimate of drug-likeness (QED) is 0.738. The summed E-state index contributed by atoms with van der Waals surface area (Å²) in [5, 5.41) is 8.99. The maximum Gasteiger partial charge on any atom is 0.142 e. The van der Waals surface area contributed by atoms with Crippen LogP contribution in [0.3, 0.4) is 0 Å². The number of aliphatic hydroxyl groups excluding tert-OH is 1. The van der Waals surface area contributed by atoms with Crippen LogP contribution in [-0.2, 0) is 11.3 Å². The van der Waals surface area contributed by atoms with Gasteiger partial charge in [0.05, 0.1) is 25.9 Å². The first kappa shape index (κ1) is 10.5. The number of nitrogens with zero attached hydrogens (tertiary/aromatic N) is 3. The minimum Gasteiger partial charge on any atom is -0.394 e. The maximum atomic E-state index is 8.99. The normalized spacial score (nSPS) is 22.9. The molecule has 0 saturated carbocycles. The molecule has 2 rings (SSSR count). The zero-order valence-electron chi connectivity index (χ0n) is 8.54. The monoisotopic (exact) mass is 209 g/mol. The highest BCUT2D eigenvalue weighted by molar-refractivity contribution is 4.89. The Labute approximate surface area is 88.7 Å². The standard InChI is InChI=1S/C10H15N3O2/c14-8-9-6-13(4-5-15-9)7-10-11-2-1-3-12-10/h1-3,9,14H,4-8H2. The number of aromatic nitrogens is 2. The number of rotatable bonds is 3. The van der Waals surface area contributed by atoms with E-state index < -0.39 is 0 Å². The summed E-state index contributed by atoms with van der Waals surface area (Å²) >= 11 is 0. The van der Waals surface area contributed by atoms with Crippen molar-refractivity contribution in [2.75, 3.05) is 26.3 Å². The Morgan fingerprint density at radius 1 is 1.47 bits per heavy atom. The van der Waals surface area contributed by atoms with E-state index in [1.54, 1.807) is 18.5 Å². The molecule has 1 fully saturated rings. The highest BCUT2D eigenvalue weighted by Crippen LogP contribution is 2.07. The zero-order valence-corrected chi connectivity index (χ0v) is 8.54. The lowest BCUT2D eigenvalue weighted by Crippen LogP contribution is -2.43. The van der Waals surface area contributed by atoms with Gasteiger partial charge in [0.2, 0.25) is 0 Å². The molecule has 0 amide bonds. The summed E-state index contributed by atoms with van der Waals surface area (Å²) in [5.41, 5.74) is 0. The van der Waals surface area contributed by atoms with Crippen LogP contribution in [0.25, 0.3) is 0 Å². The Morgan fingerprint density at radius 3 is 3.00 bits per heavy atom. The Hall–Kier alpha value is -1.04. The average molecular weight is 209 g/mol. The van der Waals surface area contributed by atoms with Crippen LogP contribution in [0, 0.1) is 0 Å². The van der Waals surface area contributed by atoms with Crippen molar-refractivity contribution in [2.24, 2.45) is 0 Å². The number of hydrogen-bond donors (Lipinski definition) is 1. The zero-order chi connectivity index (χ0) is 10.5. The molecule has 1 aliphatic rings. The fraction of sp³-hybridized carbons (Fsp3) is 0.600. The van der Waals surface area contributed by atoms with Crippen molar-refractivity contribution in [2.45, 2.75) is 12.6 Å². The van der Waals surface area contributed by atoms with Crippen molar-refractivity contribution in [3.05, 3.63) is 24.3 Å². The third-order valence-corrected chi connectivity index (χ3v) is 2.41. The number of ether oxygens (including phenoxy) is 1. The van der Waals surface area contributed by atoms with E-state index in [2.05, 4.69) is 14.9 Å². The van der Waals surface area contributed by atoms with Gasteiger partial charge in [-0.3, -0.25) is 4.90 Å². The van der Waals surface area contributed by atoms with Gasteiger partial charge < -0.3 is 9.84 Å². The second kappa shape index (κ2) is 5.16. The summed E-state index contributed by atoms with van der Waals surface area (Å²) < 4.78 is 5.36. The summed E-state index contributed by atoms with van der Waals surface area (Å²) in [6.07, 6.45) is 3.42. The van der Waals surface area contributed by atoms with Gasteiger partial charge in [0.15, 0.2) is 0 Å². The van der Waals surface area contributed by atoms with Gasteiger partial charge in [-0.15, -0.1) is 0 Å². The molecule has 1 atom stereocenters. The lowest BCUT2D eigenvalue weighted by molar-refractivity contribution is -0.0556. The van der Waals surface area contributed by atoms with Crippen molar-refractivity contribution < 1.29 is 9.84 Å². The molecule has 1 saturated heterocycles. The van der Waals surface area contributed by atoms with Crippen LogP contribution in [0.2, 0.25) is 0 Å². The predicted molar refractivity (Wildman–Crippen MR) is 54.1 cm³/mol. The van der Waals surface area contributed by atoms with Crippen molar-refractivity contribution in [3.63, 3.8) is 0 Å². The Bertz CT molecular complexity index is 294. The van der Waals surface area contributed by atoms with Crippen LogP contribution in [0.15, 0.2) is 18.5 Å². The third kappa shape index (κ3) is 2.95. The van der Waals surface area contributed by atoms with Crippen molar-refractivity contribution in [1.29, 1.82) is 0 Å². The second-order valence-electron chi connectivity index (χ2n) is 3.58. The molecule has 1 aromatic heterocycles. The van der Waals surface area contributed by atoms with E-state index in [0.717, 1.165) is 25.5 Å². The smallest absolute Gasteiger partial charge is 0.142 e. The van der Waals surface area contributed by atoms with Gasteiger partial charge >= 0.3 is 0 Å². The van der Waals surface area contributed by atoms with Gasteiger partial charge in [-0.2, -0.15) is 0 Å². The summed E-state index contributed by atoms with van der Waals surface area (Å²) in [6, 6.07) is 1.80. The molecule has 0 radical (unpaired) electrons. The third-order valence-electron chi connectivity index (χ3n) is 2.41. The van der Waals surface area contributed by atoms with Gasteiger partial charge in [0, 0.05) is 25.5 Å². The molecule has 0 bridgehead atoms. The van der Waals surface area contributed by atoms with Gasteiger partial charge in [-0.25, -0.2) is 9.97 Å². The van der Waals surface area contributed by atoms with Gasteiger partial charge in [0.1, 0.15) is 5.82 Å². The van der Waals surface area contributed by atoms with Gasteiger partial charge in [-0.1, -0.05) is 0 Å². The summed E-state index contributed by atoms with van der Waals surface area (Å²) in [7, 11) is 0. The molecular formula is C10H15N3O2. The Kier molecular flexibility index (Phi) is 3.60. The van der Waals surface area contributed by atoms with E-state index in [4.69, 9.17) is 9.84 Å². The van der Waals surface area contributed by atoms with E-state index in [1.165, 1.54) is 0 Å². The van der Waals surface area contributed by atoms with E-state index in [1.807, 2.05) is 0 Å². The van der Waals surface area contributed by atoms with E-state index in [0.29, 0.717) is 6.61 Å². The van der Waals surface area contributed by atoms with Crippen molar-refractivity contribution in [1.82, 2.24) is 14.9 Å². The number of aliphatic hydroxyl groups is 1. The van der Waals surface area contributed by atoms with Crippen LogP contribution >= 0.6 is 0 Å². The van der Waals surface area contributed by atoms with Crippen LogP contribution in [0.4, 0.5) is 0 Å². The lowest BCUT2D eigenvalue weighted by atomic mass is 10.3. The van der Waals surface area contributed by atoms with Crippen LogP contribution in [0.5, 0.6) is 0 Å². The second-order valence-corrected chi connectivity index (χ2v) is 3.58. The number of hydrogen-bond acceptors (Lipinski definition) is 5. The van der Waals surface area contributed by atoms with Crippen LogP contribution in [-0.4, -0.2) is 52.4 Å². The fourth-order valence-electron chi connectivity index (χ4n) is 1.65. The van der Waals surface area contributed by atoms with Gasteiger partial charge in [0.25, 0.3) is 0 Å². The summed E-state index contributed by atoms with van der Waals surface area (Å²) in [4.78, 5) is 10.5. The predicted octanol–water partition coefficient (Wildman–Crippen LogP) is -0.330. The van der Waals surface area contributed by atoms with Crippen molar-refractivity contribution >= 4 is 0 Å². The van der Waals surface area contributed by atoms with Crippen molar-refractivity contribution in [3.8, 4) is 0 Å². The van der Waals surface area contributed by atoms with E-state index in [-0.39, 0.29) is 12.7 Å². The molecular weight excluding hydrogens is 194 g/mol. The molecule has 1 unspecified atom stereocenters. The first-order valence-corrected chi connectivity index (χ1v) is 5.09. The van der Waals surface area contributed by atoms with Crippen LogP contribution in [0.1, 0.15) is 5.82 Å². The summed E-state index contributed by atoms with van der Waals surface area (Å²) in [5.74, 6) is 0.816. The van der Waals surface area contributed by atoms with E-state index >= 15 is 0 Å². The molecule has 0 aliphatic carbocycles.